The molecule has 0 fully saturated rings. The smallest absolute Gasteiger partial charge is 0.407 e. The van der Waals surface area contributed by atoms with Crippen LogP contribution in [0.5, 0.6) is 0 Å². The van der Waals surface area contributed by atoms with Gasteiger partial charge in [-0.15, -0.1) is 0 Å². The van der Waals surface area contributed by atoms with Crippen LogP contribution in [0.25, 0.3) is 0 Å². The average molecular weight is 509 g/mol. The molecule has 3 N–H and O–H groups in total. The van der Waals surface area contributed by atoms with Crippen LogP contribution in [0.3, 0.4) is 0 Å². The molecule has 2 amide bonds. The number of carbonyl (C=O) groups excluding carboxylic acids is 3. The summed E-state index contributed by atoms with van der Waals surface area (Å²) in [5.74, 6) is -0.825. The molecule has 0 spiro atoms. The van der Waals surface area contributed by atoms with Crippen molar-refractivity contribution in [3.05, 3.63) is 35.4 Å². The molecule has 9 nitrogen and oxygen atoms in total. The van der Waals surface area contributed by atoms with Crippen molar-refractivity contribution in [1.82, 2.24) is 5.32 Å². The molecule has 1 aromatic rings. The lowest BCUT2D eigenvalue weighted by atomic mass is 10.0. The molecular formula is C27H44N2O7. The molecule has 204 valence electrons. The predicted molar refractivity (Wildman–Crippen MR) is 137 cm³/mol. The summed E-state index contributed by atoms with van der Waals surface area (Å²) in [7, 11) is 0. The van der Waals surface area contributed by atoms with Crippen molar-refractivity contribution in [2.75, 3.05) is 13.2 Å². The maximum absolute atomic E-state index is 12.3. The van der Waals surface area contributed by atoms with Gasteiger partial charge >= 0.3 is 12.1 Å². The van der Waals surface area contributed by atoms with Gasteiger partial charge in [-0.3, -0.25) is 4.79 Å². The van der Waals surface area contributed by atoms with E-state index in [1.54, 1.807) is 20.8 Å². The van der Waals surface area contributed by atoms with Crippen molar-refractivity contribution in [2.24, 2.45) is 5.73 Å². The number of ether oxygens (including phenoxy) is 4. The number of alkyl carbamates (subject to hydrolysis) is 1. The predicted octanol–water partition coefficient (Wildman–Crippen LogP) is 4.04. The van der Waals surface area contributed by atoms with Crippen LogP contribution < -0.4 is 11.1 Å². The van der Waals surface area contributed by atoms with Gasteiger partial charge in [-0.25, -0.2) is 9.59 Å². The molecule has 0 heterocycles. The van der Waals surface area contributed by atoms with E-state index >= 15 is 0 Å². The Bertz CT molecular complexity index is 843. The van der Waals surface area contributed by atoms with Crippen molar-refractivity contribution in [2.45, 2.75) is 104 Å². The van der Waals surface area contributed by atoms with Crippen molar-refractivity contribution >= 4 is 18.0 Å². The summed E-state index contributed by atoms with van der Waals surface area (Å²) < 4.78 is 22.1. The summed E-state index contributed by atoms with van der Waals surface area (Å²) in [6, 6.07) is 7.48. The monoisotopic (exact) mass is 508 g/mol. The average Bonchev–Trinajstić information content (AvgIpc) is 2.72. The van der Waals surface area contributed by atoms with Gasteiger partial charge in [0.15, 0.2) is 0 Å². The largest absolute Gasteiger partial charge is 0.458 e. The Morgan fingerprint density at radius 3 is 2.17 bits per heavy atom. The normalized spacial score (nSPS) is 13.5. The molecule has 0 radical (unpaired) electrons. The number of amides is 2. The number of hydrogen-bond donors (Lipinski definition) is 2. The standard InChI is InChI=1S/C27H44N2O7/c1-19(22(14-15-23(28)30)29-25(32)36-27(5,6)7)34-17-21-12-9-8-11-20(21)13-10-16-33-18-24(31)35-26(2,3)4/h8-9,11-12,19,22H,10,13-18H2,1-7H3,(H2,28,30)(H,29,32)/t19-,22+/m1/s1. The van der Waals surface area contributed by atoms with Gasteiger partial charge < -0.3 is 30.0 Å². The first kappa shape index (κ1) is 31.4. The first-order chi connectivity index (χ1) is 16.7. The fourth-order valence-electron chi connectivity index (χ4n) is 3.35. The van der Waals surface area contributed by atoms with E-state index in [0.29, 0.717) is 19.6 Å². The van der Waals surface area contributed by atoms with Gasteiger partial charge in [-0.05, 0) is 78.9 Å². The Hall–Kier alpha value is -2.65. The summed E-state index contributed by atoms with van der Waals surface area (Å²) in [6.07, 6.45) is 0.988. The minimum Gasteiger partial charge on any atom is -0.458 e. The number of hydrogen-bond acceptors (Lipinski definition) is 7. The summed E-state index contributed by atoms with van der Waals surface area (Å²) in [5.41, 5.74) is 6.27. The molecule has 0 aliphatic rings. The molecule has 1 rings (SSSR count). The molecule has 0 aliphatic heterocycles. The number of nitrogens with one attached hydrogen (secondary N) is 1. The second-order valence-electron chi connectivity index (χ2n) is 10.8. The molecule has 0 saturated carbocycles. The Labute approximate surface area is 215 Å². The topological polar surface area (TPSA) is 126 Å². The zero-order valence-corrected chi connectivity index (χ0v) is 22.8. The van der Waals surface area contributed by atoms with Crippen LogP contribution in [0.2, 0.25) is 0 Å². The molecule has 1 aromatic carbocycles. The van der Waals surface area contributed by atoms with Gasteiger partial charge in [0.05, 0.1) is 18.8 Å². The highest BCUT2D eigenvalue weighted by Gasteiger charge is 2.24. The Morgan fingerprint density at radius 1 is 0.972 bits per heavy atom. The number of esters is 1. The SMILES string of the molecule is C[C@@H](OCc1ccccc1CCCOCC(=O)OC(C)(C)C)[C@H](CCC(N)=O)NC(=O)OC(C)(C)C. The molecule has 0 bridgehead atoms. The molecule has 9 heteroatoms. The van der Waals surface area contributed by atoms with Crippen LogP contribution in [0, 0.1) is 0 Å². The summed E-state index contributed by atoms with van der Waals surface area (Å²) in [6.45, 7) is 13.3. The number of carbonyl (C=O) groups is 3. The number of rotatable bonds is 14. The van der Waals surface area contributed by atoms with E-state index in [2.05, 4.69) is 5.32 Å². The summed E-state index contributed by atoms with van der Waals surface area (Å²) >= 11 is 0. The van der Waals surface area contributed by atoms with Crippen molar-refractivity contribution in [3.8, 4) is 0 Å². The van der Waals surface area contributed by atoms with Crippen molar-refractivity contribution < 1.29 is 33.3 Å². The fourth-order valence-corrected chi connectivity index (χ4v) is 3.35. The lowest BCUT2D eigenvalue weighted by Gasteiger charge is -2.27. The summed E-state index contributed by atoms with van der Waals surface area (Å²) in [5, 5.41) is 2.80. The summed E-state index contributed by atoms with van der Waals surface area (Å²) in [4.78, 5) is 35.3. The van der Waals surface area contributed by atoms with E-state index in [4.69, 9.17) is 24.7 Å². The zero-order valence-electron chi connectivity index (χ0n) is 22.8. The van der Waals surface area contributed by atoms with Crippen LogP contribution >= 0.6 is 0 Å². The maximum Gasteiger partial charge on any atom is 0.407 e. The van der Waals surface area contributed by atoms with Crippen molar-refractivity contribution in [1.29, 1.82) is 0 Å². The van der Waals surface area contributed by atoms with Crippen molar-refractivity contribution in [3.63, 3.8) is 0 Å². The zero-order chi connectivity index (χ0) is 27.4. The highest BCUT2D eigenvalue weighted by atomic mass is 16.6. The lowest BCUT2D eigenvalue weighted by Crippen LogP contribution is -2.45. The van der Waals surface area contributed by atoms with E-state index in [9.17, 15) is 14.4 Å². The van der Waals surface area contributed by atoms with E-state index < -0.39 is 29.2 Å². The Morgan fingerprint density at radius 2 is 1.58 bits per heavy atom. The van der Waals surface area contributed by atoms with Gasteiger partial charge in [0, 0.05) is 13.0 Å². The maximum atomic E-state index is 12.3. The highest BCUT2D eigenvalue weighted by molar-refractivity contribution is 5.74. The molecule has 0 aromatic heterocycles. The van der Waals surface area contributed by atoms with E-state index in [0.717, 1.165) is 24.0 Å². The Kier molecular flexibility index (Phi) is 12.9. The minimum absolute atomic E-state index is 0.0725. The van der Waals surface area contributed by atoms with Crippen LogP contribution in [-0.2, 0) is 41.6 Å². The first-order valence-corrected chi connectivity index (χ1v) is 12.4. The fraction of sp³-hybridized carbons (Fsp3) is 0.667. The lowest BCUT2D eigenvalue weighted by molar-refractivity contribution is -0.160. The first-order valence-electron chi connectivity index (χ1n) is 12.4. The minimum atomic E-state index is -0.641. The van der Waals surface area contributed by atoms with Gasteiger partial charge in [0.1, 0.15) is 17.8 Å². The van der Waals surface area contributed by atoms with Gasteiger partial charge in [0.25, 0.3) is 0 Å². The van der Waals surface area contributed by atoms with Crippen LogP contribution in [0.1, 0.15) is 78.9 Å². The number of nitrogens with two attached hydrogens (primary N) is 1. The van der Waals surface area contributed by atoms with E-state index in [-0.39, 0.29) is 25.1 Å². The van der Waals surface area contributed by atoms with Crippen LogP contribution in [0.15, 0.2) is 24.3 Å². The molecule has 0 unspecified atom stereocenters. The number of primary amides is 1. The van der Waals surface area contributed by atoms with Crippen LogP contribution in [0.4, 0.5) is 4.79 Å². The quantitative estimate of drug-likeness (QED) is 0.287. The second-order valence-corrected chi connectivity index (χ2v) is 10.8. The third-order valence-electron chi connectivity index (χ3n) is 4.97. The third-order valence-corrected chi connectivity index (χ3v) is 4.97. The second kappa shape index (κ2) is 14.8. The highest BCUT2D eigenvalue weighted by Crippen LogP contribution is 2.16. The molecule has 36 heavy (non-hydrogen) atoms. The van der Waals surface area contributed by atoms with E-state index in [1.807, 2.05) is 52.0 Å². The van der Waals surface area contributed by atoms with E-state index in [1.165, 1.54) is 0 Å². The molecular weight excluding hydrogens is 464 g/mol. The van der Waals surface area contributed by atoms with Gasteiger partial charge in [0.2, 0.25) is 5.91 Å². The molecule has 2 atom stereocenters. The number of benzene rings is 1. The van der Waals surface area contributed by atoms with Gasteiger partial charge in [-0.2, -0.15) is 0 Å². The van der Waals surface area contributed by atoms with Crippen LogP contribution in [-0.4, -0.2) is 54.5 Å². The third kappa shape index (κ3) is 14.7. The number of aryl methyl sites for hydroxylation is 1. The van der Waals surface area contributed by atoms with Gasteiger partial charge in [-0.1, -0.05) is 24.3 Å². The Balaban J connectivity index is 2.62. The molecule has 0 saturated heterocycles. The molecule has 0 aliphatic carbocycles.